The molecular formula is C24H28FN3O. The molecule has 1 aromatic carbocycles. The van der Waals surface area contributed by atoms with E-state index in [1.54, 1.807) is 19.3 Å². The van der Waals surface area contributed by atoms with Gasteiger partial charge in [0.1, 0.15) is 12.1 Å². The summed E-state index contributed by atoms with van der Waals surface area (Å²) in [6.45, 7) is 13.3. The average molecular weight is 394 g/mol. The zero-order valence-corrected chi connectivity index (χ0v) is 18.0. The molecule has 1 heterocycles. The highest BCUT2D eigenvalue weighted by Crippen LogP contribution is 2.29. The first-order valence-corrected chi connectivity index (χ1v) is 9.40. The number of hydrogen-bond donors (Lipinski definition) is 0. The summed E-state index contributed by atoms with van der Waals surface area (Å²) in [4.78, 5) is 12.5. The van der Waals surface area contributed by atoms with Crippen molar-refractivity contribution in [3.63, 3.8) is 0 Å². The van der Waals surface area contributed by atoms with Gasteiger partial charge in [-0.2, -0.15) is 0 Å². The minimum atomic E-state index is -0.282. The van der Waals surface area contributed by atoms with Crippen LogP contribution in [0.25, 0.3) is 17.3 Å². The number of nitrogens with zero attached hydrogens (tertiary/aromatic N) is 3. The SMILES string of the molecule is C=N/C(=C\C=C(/C)Cc1cc(-c2ncnc(C=C(C)C)c2C)c(F)cc1C)OC. The first-order valence-electron chi connectivity index (χ1n) is 9.40. The predicted octanol–water partition coefficient (Wildman–Crippen LogP) is 6.00. The van der Waals surface area contributed by atoms with E-state index in [0.717, 1.165) is 33.5 Å². The summed E-state index contributed by atoms with van der Waals surface area (Å²) in [5.74, 6) is 0.166. The molecule has 0 aliphatic rings. The molecule has 0 saturated carbocycles. The maximum Gasteiger partial charge on any atom is 0.212 e. The molecule has 1 aromatic heterocycles. The lowest BCUT2D eigenvalue weighted by molar-refractivity contribution is 0.289. The van der Waals surface area contributed by atoms with Gasteiger partial charge in [-0.1, -0.05) is 17.2 Å². The van der Waals surface area contributed by atoms with Gasteiger partial charge in [-0.15, -0.1) is 0 Å². The highest BCUT2D eigenvalue weighted by Gasteiger charge is 2.15. The van der Waals surface area contributed by atoms with Gasteiger partial charge < -0.3 is 4.74 Å². The Hall–Kier alpha value is -3.08. The molecule has 0 unspecified atom stereocenters. The maximum atomic E-state index is 14.8. The summed E-state index contributed by atoms with van der Waals surface area (Å²) >= 11 is 0. The lowest BCUT2D eigenvalue weighted by atomic mass is 9.95. The molecular weight excluding hydrogens is 365 g/mol. The third kappa shape index (κ3) is 5.70. The zero-order chi connectivity index (χ0) is 21.6. The molecule has 0 aliphatic carbocycles. The van der Waals surface area contributed by atoms with Gasteiger partial charge in [0.2, 0.25) is 5.88 Å². The second-order valence-corrected chi connectivity index (χ2v) is 7.27. The molecule has 0 radical (unpaired) electrons. The van der Waals surface area contributed by atoms with Crippen molar-refractivity contribution in [2.75, 3.05) is 7.11 Å². The lowest BCUT2D eigenvalue weighted by Gasteiger charge is -2.13. The topological polar surface area (TPSA) is 47.4 Å². The van der Waals surface area contributed by atoms with Crippen LogP contribution >= 0.6 is 0 Å². The van der Waals surface area contributed by atoms with Crippen LogP contribution in [0.2, 0.25) is 0 Å². The summed E-state index contributed by atoms with van der Waals surface area (Å²) in [6, 6.07) is 3.46. The van der Waals surface area contributed by atoms with Gasteiger partial charge in [0.15, 0.2) is 0 Å². The Balaban J connectivity index is 2.48. The molecule has 0 atom stereocenters. The van der Waals surface area contributed by atoms with Gasteiger partial charge in [0.05, 0.1) is 18.5 Å². The van der Waals surface area contributed by atoms with Crippen molar-refractivity contribution in [3.05, 3.63) is 75.8 Å². The molecule has 2 rings (SSSR count). The van der Waals surface area contributed by atoms with Crippen molar-refractivity contribution < 1.29 is 9.13 Å². The highest BCUT2D eigenvalue weighted by molar-refractivity contribution is 5.69. The van der Waals surface area contributed by atoms with Gasteiger partial charge in [-0.05, 0) is 77.1 Å². The molecule has 2 aromatic rings. The quantitative estimate of drug-likeness (QED) is 0.329. The number of halogens is 1. The Morgan fingerprint density at radius 3 is 2.52 bits per heavy atom. The predicted molar refractivity (Wildman–Crippen MR) is 118 cm³/mol. The number of rotatable bonds is 7. The zero-order valence-electron chi connectivity index (χ0n) is 18.0. The molecule has 0 saturated heterocycles. The molecule has 4 nitrogen and oxygen atoms in total. The fraction of sp³-hybridized carbons (Fsp3) is 0.292. The van der Waals surface area contributed by atoms with E-state index in [1.807, 2.05) is 52.8 Å². The van der Waals surface area contributed by atoms with Crippen LogP contribution in [0.15, 0.2) is 52.6 Å². The van der Waals surface area contributed by atoms with Gasteiger partial charge in [0.25, 0.3) is 0 Å². The number of allylic oxidation sites excluding steroid dienone is 4. The Morgan fingerprint density at radius 2 is 1.90 bits per heavy atom. The molecule has 0 aliphatic heterocycles. The molecule has 0 spiro atoms. The van der Waals surface area contributed by atoms with E-state index in [4.69, 9.17) is 4.74 Å². The summed E-state index contributed by atoms with van der Waals surface area (Å²) < 4.78 is 19.9. The minimum absolute atomic E-state index is 0.282. The molecule has 0 fully saturated rings. The van der Waals surface area contributed by atoms with Crippen LogP contribution in [0.5, 0.6) is 0 Å². The first kappa shape index (κ1) is 22.2. The van der Waals surface area contributed by atoms with Gasteiger partial charge in [-0.25, -0.2) is 19.4 Å². The van der Waals surface area contributed by atoms with E-state index in [-0.39, 0.29) is 5.82 Å². The average Bonchev–Trinajstić information content (AvgIpc) is 2.66. The van der Waals surface area contributed by atoms with Crippen LogP contribution in [0.4, 0.5) is 4.39 Å². The Labute approximate surface area is 172 Å². The summed E-state index contributed by atoms with van der Waals surface area (Å²) in [7, 11) is 1.55. The second kappa shape index (κ2) is 9.92. The van der Waals surface area contributed by atoms with Crippen LogP contribution < -0.4 is 0 Å². The minimum Gasteiger partial charge on any atom is -0.481 e. The number of hydrogen-bond acceptors (Lipinski definition) is 4. The summed E-state index contributed by atoms with van der Waals surface area (Å²) in [5, 5.41) is 0. The van der Waals surface area contributed by atoms with Crippen molar-refractivity contribution in [3.8, 4) is 11.3 Å². The van der Waals surface area contributed by atoms with Gasteiger partial charge >= 0.3 is 0 Å². The Morgan fingerprint density at radius 1 is 1.17 bits per heavy atom. The fourth-order valence-corrected chi connectivity index (χ4v) is 3.00. The van der Waals surface area contributed by atoms with Crippen molar-refractivity contribution in [2.45, 2.75) is 41.0 Å². The highest BCUT2D eigenvalue weighted by atomic mass is 19.1. The van der Waals surface area contributed by atoms with E-state index in [0.29, 0.717) is 23.6 Å². The Bertz CT molecular complexity index is 999. The first-order chi connectivity index (χ1) is 13.8. The van der Waals surface area contributed by atoms with Crippen LogP contribution in [0, 0.1) is 19.7 Å². The third-order valence-electron chi connectivity index (χ3n) is 4.57. The fourth-order valence-electron chi connectivity index (χ4n) is 3.00. The monoisotopic (exact) mass is 393 g/mol. The maximum absolute atomic E-state index is 14.8. The van der Waals surface area contributed by atoms with Gasteiger partial charge in [0, 0.05) is 17.2 Å². The molecule has 5 heteroatoms. The number of ether oxygens (including phenoxy) is 1. The van der Waals surface area contributed by atoms with Crippen molar-refractivity contribution in [1.29, 1.82) is 0 Å². The standard InChI is InChI=1S/C24H28FN3O/c1-15(2)10-22-18(5)24(28-14-27-22)20-13-19(17(4)12-21(20)25)11-16(3)8-9-23(26-6)29-7/h8-10,12-14H,6,11H2,1-5,7H3/b16-8+,23-9+. The van der Waals surface area contributed by atoms with E-state index in [1.165, 1.54) is 6.33 Å². The summed E-state index contributed by atoms with van der Waals surface area (Å²) in [5.41, 5.74) is 6.92. The van der Waals surface area contributed by atoms with Gasteiger partial charge in [-0.3, -0.25) is 0 Å². The van der Waals surface area contributed by atoms with E-state index in [2.05, 4.69) is 21.7 Å². The van der Waals surface area contributed by atoms with Crippen LogP contribution in [-0.2, 0) is 11.2 Å². The molecule has 152 valence electrons. The molecule has 0 amide bonds. The number of aromatic nitrogens is 2. The smallest absolute Gasteiger partial charge is 0.212 e. The van der Waals surface area contributed by atoms with Crippen molar-refractivity contribution in [2.24, 2.45) is 4.99 Å². The normalized spacial score (nSPS) is 12.0. The molecule has 0 bridgehead atoms. The van der Waals surface area contributed by atoms with E-state index in [9.17, 15) is 4.39 Å². The Kier molecular flexibility index (Phi) is 7.59. The van der Waals surface area contributed by atoms with Crippen LogP contribution in [0.3, 0.4) is 0 Å². The van der Waals surface area contributed by atoms with Crippen molar-refractivity contribution in [1.82, 2.24) is 9.97 Å². The number of aliphatic imine (C=N–C) groups is 1. The van der Waals surface area contributed by atoms with Crippen LogP contribution in [-0.4, -0.2) is 23.8 Å². The third-order valence-corrected chi connectivity index (χ3v) is 4.57. The lowest BCUT2D eigenvalue weighted by Crippen LogP contribution is -2.00. The molecule has 0 N–H and O–H groups in total. The van der Waals surface area contributed by atoms with Crippen LogP contribution in [0.1, 0.15) is 43.2 Å². The number of aryl methyl sites for hydroxylation is 1. The van der Waals surface area contributed by atoms with Crippen molar-refractivity contribution >= 4 is 12.8 Å². The number of benzene rings is 1. The van der Waals surface area contributed by atoms with E-state index >= 15 is 0 Å². The second-order valence-electron chi connectivity index (χ2n) is 7.27. The van der Waals surface area contributed by atoms with E-state index < -0.39 is 0 Å². The number of methoxy groups -OCH3 is 1. The largest absolute Gasteiger partial charge is 0.481 e. The molecule has 29 heavy (non-hydrogen) atoms. The summed E-state index contributed by atoms with van der Waals surface area (Å²) in [6.07, 6.45) is 7.84.